The van der Waals surface area contributed by atoms with Gasteiger partial charge in [0.15, 0.2) is 5.78 Å². The SMILES string of the molecule is CCCCCSc1nc2n(n1)[C@@H](c1ccccc1Cl)C1=C(CC(C)(C)CC1=O)N2. The molecule has 0 bridgehead atoms. The van der Waals surface area contributed by atoms with Crippen molar-refractivity contribution in [2.75, 3.05) is 11.1 Å². The predicted molar refractivity (Wildman–Crippen MR) is 119 cm³/mol. The zero-order valence-corrected chi connectivity index (χ0v) is 18.7. The molecular formula is C22H27ClN4OS. The molecule has 2 heterocycles. The Labute approximate surface area is 181 Å². The van der Waals surface area contributed by atoms with E-state index in [1.165, 1.54) is 12.8 Å². The molecule has 2 aliphatic rings. The number of carbonyl (C=O) groups is 1. The molecule has 0 unspecified atom stereocenters. The monoisotopic (exact) mass is 430 g/mol. The summed E-state index contributed by atoms with van der Waals surface area (Å²) in [4.78, 5) is 17.9. The zero-order chi connectivity index (χ0) is 20.6. The molecular weight excluding hydrogens is 404 g/mol. The highest BCUT2D eigenvalue weighted by Gasteiger charge is 2.42. The average Bonchev–Trinajstić information content (AvgIpc) is 3.05. The van der Waals surface area contributed by atoms with Crippen LogP contribution >= 0.6 is 23.4 Å². The number of nitrogens with one attached hydrogen (secondary N) is 1. The number of carbonyl (C=O) groups excluding carboxylic acids is 1. The molecule has 4 rings (SSSR count). The molecule has 2 aromatic rings. The van der Waals surface area contributed by atoms with Crippen LogP contribution in [-0.4, -0.2) is 26.3 Å². The second-order valence-electron chi connectivity index (χ2n) is 8.60. The number of nitrogens with zero attached hydrogens (tertiary/aromatic N) is 3. The highest BCUT2D eigenvalue weighted by atomic mass is 35.5. The van der Waals surface area contributed by atoms with Crippen molar-refractivity contribution in [1.29, 1.82) is 0 Å². The van der Waals surface area contributed by atoms with Crippen molar-refractivity contribution in [1.82, 2.24) is 14.8 Å². The Balaban J connectivity index is 1.75. The van der Waals surface area contributed by atoms with Gasteiger partial charge in [0, 0.05) is 34.0 Å². The van der Waals surface area contributed by atoms with Gasteiger partial charge in [0.1, 0.15) is 6.04 Å². The van der Waals surface area contributed by atoms with Crippen LogP contribution in [-0.2, 0) is 4.79 Å². The van der Waals surface area contributed by atoms with E-state index >= 15 is 0 Å². The number of allylic oxidation sites excluding steroid dienone is 2. The highest BCUT2D eigenvalue weighted by molar-refractivity contribution is 7.99. The number of rotatable bonds is 6. The van der Waals surface area contributed by atoms with Crippen molar-refractivity contribution in [2.24, 2.45) is 5.41 Å². The highest BCUT2D eigenvalue weighted by Crippen LogP contribution is 2.46. The van der Waals surface area contributed by atoms with E-state index in [-0.39, 0.29) is 17.2 Å². The summed E-state index contributed by atoms with van der Waals surface area (Å²) in [7, 11) is 0. The fourth-order valence-electron chi connectivity index (χ4n) is 4.15. The number of anilines is 1. The number of benzene rings is 1. The van der Waals surface area contributed by atoms with Crippen molar-refractivity contribution in [3.05, 3.63) is 46.1 Å². The molecule has 0 saturated heterocycles. The van der Waals surface area contributed by atoms with Gasteiger partial charge in [0.25, 0.3) is 0 Å². The van der Waals surface area contributed by atoms with Gasteiger partial charge >= 0.3 is 0 Å². The lowest BCUT2D eigenvalue weighted by Crippen LogP contribution is -2.36. The van der Waals surface area contributed by atoms with E-state index in [1.807, 2.05) is 28.9 Å². The second kappa shape index (κ2) is 8.15. The first-order valence-electron chi connectivity index (χ1n) is 10.3. The first-order chi connectivity index (χ1) is 13.9. The molecule has 1 aromatic heterocycles. The van der Waals surface area contributed by atoms with Crippen LogP contribution in [0.15, 0.2) is 40.7 Å². The van der Waals surface area contributed by atoms with Crippen LogP contribution in [0, 0.1) is 5.41 Å². The van der Waals surface area contributed by atoms with Crippen LogP contribution < -0.4 is 5.32 Å². The lowest BCUT2D eigenvalue weighted by atomic mass is 9.73. The van der Waals surface area contributed by atoms with Gasteiger partial charge in [0.05, 0.1) is 0 Å². The minimum Gasteiger partial charge on any atom is -0.328 e. The number of fused-ring (bicyclic) bond motifs is 1. The molecule has 154 valence electrons. The third-order valence-corrected chi connectivity index (χ3v) is 6.76. The molecule has 0 fully saturated rings. The molecule has 0 radical (unpaired) electrons. The van der Waals surface area contributed by atoms with Gasteiger partial charge in [-0.25, -0.2) is 4.68 Å². The number of ketones is 1. The number of thioether (sulfide) groups is 1. The van der Waals surface area contributed by atoms with Gasteiger partial charge in [-0.05, 0) is 24.3 Å². The van der Waals surface area contributed by atoms with Crippen molar-refractivity contribution < 1.29 is 4.79 Å². The molecule has 1 aromatic carbocycles. The lowest BCUT2D eigenvalue weighted by Gasteiger charge is -2.38. The van der Waals surface area contributed by atoms with Gasteiger partial charge in [-0.15, -0.1) is 5.10 Å². The third kappa shape index (κ3) is 4.10. The van der Waals surface area contributed by atoms with Crippen LogP contribution in [0.2, 0.25) is 5.02 Å². The second-order valence-corrected chi connectivity index (χ2v) is 10.1. The summed E-state index contributed by atoms with van der Waals surface area (Å²) < 4.78 is 1.85. The van der Waals surface area contributed by atoms with Gasteiger partial charge in [-0.3, -0.25) is 4.79 Å². The van der Waals surface area contributed by atoms with Crippen LogP contribution in [0.5, 0.6) is 0 Å². The number of hydrogen-bond donors (Lipinski definition) is 1. The number of Topliss-reactive ketones (excluding diaryl/α,β-unsaturated/α-hetero) is 1. The van der Waals surface area contributed by atoms with Crippen LogP contribution in [0.3, 0.4) is 0 Å². The Morgan fingerprint density at radius 2 is 2.07 bits per heavy atom. The van der Waals surface area contributed by atoms with Gasteiger partial charge in [-0.2, -0.15) is 4.98 Å². The Bertz CT molecular complexity index is 965. The number of hydrogen-bond acceptors (Lipinski definition) is 5. The van der Waals surface area contributed by atoms with Crippen LogP contribution in [0.4, 0.5) is 5.95 Å². The van der Waals surface area contributed by atoms with E-state index in [1.54, 1.807) is 11.8 Å². The maximum Gasteiger partial charge on any atom is 0.227 e. The maximum atomic E-state index is 13.2. The molecule has 7 heteroatoms. The molecule has 0 saturated carbocycles. The third-order valence-electron chi connectivity index (χ3n) is 5.49. The summed E-state index contributed by atoms with van der Waals surface area (Å²) in [6.07, 6.45) is 4.88. The first kappa shape index (κ1) is 20.5. The lowest BCUT2D eigenvalue weighted by molar-refractivity contribution is -0.118. The van der Waals surface area contributed by atoms with Crippen LogP contribution in [0.25, 0.3) is 0 Å². The molecule has 1 N–H and O–H groups in total. The molecule has 5 nitrogen and oxygen atoms in total. The van der Waals surface area contributed by atoms with E-state index in [4.69, 9.17) is 21.7 Å². The Morgan fingerprint density at radius 3 is 2.83 bits per heavy atom. The minimum absolute atomic E-state index is 0.0755. The Hall–Kier alpha value is -1.79. The summed E-state index contributed by atoms with van der Waals surface area (Å²) >= 11 is 8.23. The molecule has 1 aliphatic carbocycles. The van der Waals surface area contributed by atoms with Gasteiger partial charge < -0.3 is 5.32 Å². The normalized spacial score (nSPS) is 20.3. The summed E-state index contributed by atoms with van der Waals surface area (Å²) in [5, 5.41) is 9.57. The topological polar surface area (TPSA) is 59.8 Å². The fourth-order valence-corrected chi connectivity index (χ4v) is 5.22. The number of halogens is 1. The van der Waals surface area contributed by atoms with E-state index in [0.29, 0.717) is 17.4 Å². The van der Waals surface area contributed by atoms with E-state index in [2.05, 4.69) is 26.1 Å². The van der Waals surface area contributed by atoms with Crippen molar-refractivity contribution in [3.8, 4) is 0 Å². The molecule has 0 spiro atoms. The Kier molecular flexibility index (Phi) is 5.76. The summed E-state index contributed by atoms with van der Waals surface area (Å²) in [5.41, 5.74) is 2.55. The molecule has 29 heavy (non-hydrogen) atoms. The van der Waals surface area contributed by atoms with Crippen molar-refractivity contribution in [2.45, 2.75) is 64.1 Å². The van der Waals surface area contributed by atoms with Crippen molar-refractivity contribution >= 4 is 35.1 Å². The van der Waals surface area contributed by atoms with Gasteiger partial charge in [0.2, 0.25) is 11.1 Å². The smallest absolute Gasteiger partial charge is 0.227 e. The Morgan fingerprint density at radius 1 is 1.28 bits per heavy atom. The zero-order valence-electron chi connectivity index (χ0n) is 17.2. The van der Waals surface area contributed by atoms with E-state index in [9.17, 15) is 4.79 Å². The minimum atomic E-state index is -0.337. The quantitative estimate of drug-likeness (QED) is 0.458. The molecule has 0 amide bonds. The number of unbranched alkanes of at least 4 members (excludes halogenated alkanes) is 2. The summed E-state index contributed by atoms with van der Waals surface area (Å²) in [6, 6.07) is 7.38. The largest absolute Gasteiger partial charge is 0.328 e. The van der Waals surface area contributed by atoms with Crippen molar-refractivity contribution in [3.63, 3.8) is 0 Å². The van der Waals surface area contributed by atoms with Crippen LogP contribution in [0.1, 0.15) is 64.5 Å². The number of aromatic nitrogens is 3. The predicted octanol–water partition coefficient (Wildman–Crippen LogP) is 5.87. The summed E-state index contributed by atoms with van der Waals surface area (Å²) in [5.74, 6) is 1.84. The fraction of sp³-hybridized carbons (Fsp3) is 0.500. The van der Waals surface area contributed by atoms with Gasteiger partial charge in [-0.1, -0.05) is 75.2 Å². The molecule has 1 aliphatic heterocycles. The first-order valence-corrected chi connectivity index (χ1v) is 11.6. The maximum absolute atomic E-state index is 13.2. The van der Waals surface area contributed by atoms with E-state index in [0.717, 1.165) is 40.6 Å². The standard InChI is InChI=1S/C22H27ClN4OS/c1-4-5-8-11-29-21-25-20-24-16-12-22(2,3)13-17(28)18(16)19(27(20)26-21)14-9-6-7-10-15(14)23/h6-7,9-10,19H,4-5,8,11-13H2,1-3H3,(H,24,25,26)/t19-/m0/s1. The average molecular weight is 431 g/mol. The van der Waals surface area contributed by atoms with E-state index < -0.39 is 0 Å². The summed E-state index contributed by atoms with van der Waals surface area (Å²) in [6.45, 7) is 6.47. The molecule has 1 atom stereocenters.